The highest BCUT2D eigenvalue weighted by atomic mass is 79.9. The van der Waals surface area contributed by atoms with Crippen molar-refractivity contribution < 1.29 is 5.11 Å². The predicted octanol–water partition coefficient (Wildman–Crippen LogP) is 3.69. The number of halogens is 1. The number of rotatable bonds is 9. The molecule has 0 atom stereocenters. The van der Waals surface area contributed by atoms with E-state index in [9.17, 15) is 5.11 Å². The summed E-state index contributed by atoms with van der Waals surface area (Å²) in [6.07, 6.45) is 5.89. The fourth-order valence-electron chi connectivity index (χ4n) is 2.81. The normalized spacial score (nSPS) is 15.0. The van der Waals surface area contributed by atoms with E-state index in [2.05, 4.69) is 51.3 Å². The van der Waals surface area contributed by atoms with Gasteiger partial charge in [0, 0.05) is 35.9 Å². The number of hydrogen-bond acceptors (Lipinski definition) is 3. The Labute approximate surface area is 136 Å². The van der Waals surface area contributed by atoms with Crippen LogP contribution in [0.25, 0.3) is 0 Å². The van der Waals surface area contributed by atoms with Crippen LogP contribution in [0.4, 0.5) is 5.69 Å². The number of aliphatic hydroxyl groups is 1. The van der Waals surface area contributed by atoms with Crippen molar-refractivity contribution in [2.24, 2.45) is 0 Å². The van der Waals surface area contributed by atoms with Crippen LogP contribution in [0.5, 0.6) is 0 Å². The van der Waals surface area contributed by atoms with Gasteiger partial charge in [-0.2, -0.15) is 0 Å². The fraction of sp³-hybridized carbons (Fsp3) is 0.647. The first-order chi connectivity index (χ1) is 10.3. The molecule has 1 fully saturated rings. The first kappa shape index (κ1) is 16.8. The molecule has 0 heterocycles. The molecule has 0 unspecified atom stereocenters. The summed E-state index contributed by atoms with van der Waals surface area (Å²) in [6.45, 7) is 5.36. The molecule has 0 bridgehead atoms. The van der Waals surface area contributed by atoms with E-state index in [0.29, 0.717) is 6.04 Å². The van der Waals surface area contributed by atoms with Crippen LogP contribution < -0.4 is 10.2 Å². The highest BCUT2D eigenvalue weighted by Gasteiger charge is 2.26. The number of benzene rings is 1. The van der Waals surface area contributed by atoms with Crippen molar-refractivity contribution in [3.05, 3.63) is 28.2 Å². The number of nitrogens with zero attached hydrogens (tertiary/aromatic N) is 1. The molecule has 0 spiro atoms. The zero-order valence-electron chi connectivity index (χ0n) is 12.9. The molecule has 118 valence electrons. The van der Waals surface area contributed by atoms with Crippen LogP contribution >= 0.6 is 15.9 Å². The molecular weight excluding hydrogens is 328 g/mol. The molecule has 4 heteroatoms. The Bertz CT molecular complexity index is 435. The van der Waals surface area contributed by atoms with E-state index in [1.165, 1.54) is 30.5 Å². The molecule has 0 aromatic heterocycles. The van der Waals surface area contributed by atoms with Crippen LogP contribution in [0.1, 0.15) is 44.6 Å². The van der Waals surface area contributed by atoms with E-state index < -0.39 is 0 Å². The van der Waals surface area contributed by atoms with Gasteiger partial charge in [0.05, 0.1) is 0 Å². The summed E-state index contributed by atoms with van der Waals surface area (Å²) in [4.78, 5) is 2.51. The second kappa shape index (κ2) is 8.76. The number of aliphatic hydroxyl groups excluding tert-OH is 1. The lowest BCUT2D eigenvalue weighted by Crippen LogP contribution is -2.41. The minimum Gasteiger partial charge on any atom is -0.396 e. The van der Waals surface area contributed by atoms with Gasteiger partial charge in [0.25, 0.3) is 0 Å². The largest absolute Gasteiger partial charge is 0.396 e. The quantitative estimate of drug-likeness (QED) is 0.663. The molecule has 3 nitrogen and oxygen atoms in total. The molecule has 0 amide bonds. The lowest BCUT2D eigenvalue weighted by Gasteiger charge is -2.40. The second-order valence-electron chi connectivity index (χ2n) is 5.81. The average molecular weight is 355 g/mol. The minimum atomic E-state index is 0.267. The molecule has 0 aliphatic heterocycles. The van der Waals surface area contributed by atoms with Crippen LogP contribution in [0.3, 0.4) is 0 Å². The average Bonchev–Trinajstić information content (AvgIpc) is 2.42. The van der Waals surface area contributed by atoms with Crippen LogP contribution in [0.15, 0.2) is 22.7 Å². The summed E-state index contributed by atoms with van der Waals surface area (Å²) < 4.78 is 1.13. The van der Waals surface area contributed by atoms with E-state index >= 15 is 0 Å². The Kier molecular flexibility index (Phi) is 7.00. The topological polar surface area (TPSA) is 35.5 Å². The van der Waals surface area contributed by atoms with Crippen molar-refractivity contribution in [1.29, 1.82) is 0 Å². The number of anilines is 1. The molecule has 2 N–H and O–H groups in total. The molecule has 1 aromatic rings. The molecule has 2 rings (SSSR count). The number of nitrogens with one attached hydrogen (secondary N) is 1. The Hall–Kier alpha value is -0.580. The van der Waals surface area contributed by atoms with Crippen molar-refractivity contribution in [3.8, 4) is 0 Å². The van der Waals surface area contributed by atoms with Crippen LogP contribution in [0, 0.1) is 0 Å². The van der Waals surface area contributed by atoms with Gasteiger partial charge in [-0.05, 0) is 62.4 Å². The summed E-state index contributed by atoms with van der Waals surface area (Å²) in [5.41, 5.74) is 2.68. The van der Waals surface area contributed by atoms with Crippen molar-refractivity contribution in [3.63, 3.8) is 0 Å². The smallest absolute Gasteiger partial charge is 0.0447 e. The molecule has 1 aliphatic rings. The van der Waals surface area contributed by atoms with Gasteiger partial charge in [0.2, 0.25) is 0 Å². The molecule has 21 heavy (non-hydrogen) atoms. The van der Waals surface area contributed by atoms with Gasteiger partial charge in [0.1, 0.15) is 0 Å². The van der Waals surface area contributed by atoms with Crippen LogP contribution in [-0.4, -0.2) is 30.8 Å². The Balaban J connectivity index is 2.16. The highest BCUT2D eigenvalue weighted by Crippen LogP contribution is 2.33. The molecule has 1 saturated carbocycles. The maximum atomic E-state index is 9.17. The van der Waals surface area contributed by atoms with E-state index in [4.69, 9.17) is 0 Å². The molecule has 1 aromatic carbocycles. The third-order valence-electron chi connectivity index (χ3n) is 4.17. The lowest BCUT2D eigenvalue weighted by molar-refractivity contribution is 0.283. The summed E-state index contributed by atoms with van der Waals surface area (Å²) in [6, 6.07) is 7.23. The molecular formula is C17H27BrN2O. The summed E-state index contributed by atoms with van der Waals surface area (Å²) in [7, 11) is 0. The first-order valence-corrected chi connectivity index (χ1v) is 8.92. The Morgan fingerprint density at radius 3 is 2.81 bits per heavy atom. The first-order valence-electron chi connectivity index (χ1n) is 8.13. The van der Waals surface area contributed by atoms with Crippen molar-refractivity contribution in [1.82, 2.24) is 5.32 Å². The maximum absolute atomic E-state index is 9.17. The van der Waals surface area contributed by atoms with E-state index in [1.807, 2.05) is 0 Å². The highest BCUT2D eigenvalue weighted by molar-refractivity contribution is 9.10. The van der Waals surface area contributed by atoms with Crippen LogP contribution in [-0.2, 0) is 6.54 Å². The Morgan fingerprint density at radius 2 is 2.19 bits per heavy atom. The van der Waals surface area contributed by atoms with Crippen molar-refractivity contribution in [2.75, 3.05) is 24.6 Å². The van der Waals surface area contributed by atoms with Crippen LogP contribution in [0.2, 0.25) is 0 Å². The monoisotopic (exact) mass is 354 g/mol. The lowest BCUT2D eigenvalue weighted by atomic mass is 9.90. The van der Waals surface area contributed by atoms with Gasteiger partial charge in [-0.1, -0.05) is 22.9 Å². The van der Waals surface area contributed by atoms with Gasteiger partial charge in [-0.3, -0.25) is 0 Å². The fourth-order valence-corrected chi connectivity index (χ4v) is 3.22. The summed E-state index contributed by atoms with van der Waals surface area (Å²) in [5.74, 6) is 0. The SMILES string of the molecule is CCCNCc1cc(Br)ccc1N(CCCO)C1CCC1. The second-order valence-corrected chi connectivity index (χ2v) is 6.72. The van der Waals surface area contributed by atoms with Crippen molar-refractivity contribution in [2.45, 2.75) is 51.6 Å². The minimum absolute atomic E-state index is 0.267. The molecule has 0 saturated heterocycles. The third-order valence-corrected chi connectivity index (χ3v) is 4.66. The summed E-state index contributed by atoms with van der Waals surface area (Å²) in [5, 5.41) is 12.7. The molecule has 0 radical (unpaired) electrons. The maximum Gasteiger partial charge on any atom is 0.0447 e. The number of hydrogen-bond donors (Lipinski definition) is 2. The van der Waals surface area contributed by atoms with Gasteiger partial charge in [-0.15, -0.1) is 0 Å². The van der Waals surface area contributed by atoms with E-state index in [0.717, 1.165) is 36.9 Å². The van der Waals surface area contributed by atoms with E-state index in [1.54, 1.807) is 0 Å². The zero-order valence-corrected chi connectivity index (χ0v) is 14.5. The summed E-state index contributed by atoms with van der Waals surface area (Å²) >= 11 is 3.59. The Morgan fingerprint density at radius 1 is 1.38 bits per heavy atom. The van der Waals surface area contributed by atoms with Gasteiger partial charge in [0.15, 0.2) is 0 Å². The third kappa shape index (κ3) is 4.70. The zero-order chi connectivity index (χ0) is 15.1. The van der Waals surface area contributed by atoms with Gasteiger partial charge >= 0.3 is 0 Å². The van der Waals surface area contributed by atoms with Crippen molar-refractivity contribution >= 4 is 21.6 Å². The standard InChI is InChI=1S/C17H27BrN2O/c1-2-9-19-13-14-12-15(18)7-8-17(14)20(10-4-11-21)16-5-3-6-16/h7-8,12,16,19,21H,2-6,9-11,13H2,1H3. The van der Waals surface area contributed by atoms with Gasteiger partial charge in [-0.25, -0.2) is 0 Å². The molecule has 1 aliphatic carbocycles. The van der Waals surface area contributed by atoms with Gasteiger partial charge < -0.3 is 15.3 Å². The van der Waals surface area contributed by atoms with E-state index in [-0.39, 0.29) is 6.61 Å². The predicted molar refractivity (Wildman–Crippen MR) is 92.8 cm³/mol.